The zero-order valence-electron chi connectivity index (χ0n) is 19.1. The lowest BCUT2D eigenvalue weighted by Gasteiger charge is -2.27. The van der Waals surface area contributed by atoms with Crippen molar-refractivity contribution < 1.29 is 14.3 Å². The first-order valence-electron chi connectivity index (χ1n) is 11.6. The number of anilines is 1. The molecule has 0 bridgehead atoms. The monoisotopic (exact) mass is 447 g/mol. The van der Waals surface area contributed by atoms with Crippen LogP contribution in [0, 0.1) is 0 Å². The first-order valence-corrected chi connectivity index (χ1v) is 11.6. The predicted octanol–water partition coefficient (Wildman–Crippen LogP) is 3.99. The zero-order valence-corrected chi connectivity index (χ0v) is 19.1. The molecule has 0 atom stereocenters. The van der Waals surface area contributed by atoms with Crippen LogP contribution in [0.3, 0.4) is 0 Å². The van der Waals surface area contributed by atoms with E-state index in [2.05, 4.69) is 11.4 Å². The smallest absolute Gasteiger partial charge is 0.263 e. The Morgan fingerprint density at radius 1 is 0.939 bits per heavy atom. The summed E-state index contributed by atoms with van der Waals surface area (Å²) in [5.74, 6) is 0.896. The molecule has 172 valence electrons. The summed E-state index contributed by atoms with van der Waals surface area (Å²) in [5.41, 5.74) is 3.32. The van der Waals surface area contributed by atoms with Gasteiger partial charge in [0.2, 0.25) is 0 Å². The summed E-state index contributed by atoms with van der Waals surface area (Å²) in [6.07, 6.45) is 6.94. The van der Waals surface area contributed by atoms with E-state index in [0.29, 0.717) is 27.8 Å². The van der Waals surface area contributed by atoms with Crippen molar-refractivity contribution in [1.29, 1.82) is 0 Å². The minimum absolute atomic E-state index is 0.0586. The third-order valence-corrected chi connectivity index (χ3v) is 6.70. The second kappa shape index (κ2) is 8.81. The molecule has 7 nitrogen and oxygen atoms in total. The maximum absolute atomic E-state index is 13.6. The van der Waals surface area contributed by atoms with Gasteiger partial charge in [-0.3, -0.25) is 14.2 Å². The first-order chi connectivity index (χ1) is 16.1. The van der Waals surface area contributed by atoms with Crippen molar-refractivity contribution in [3.8, 4) is 17.2 Å². The van der Waals surface area contributed by atoms with Gasteiger partial charge in [-0.15, -0.1) is 0 Å². The van der Waals surface area contributed by atoms with Gasteiger partial charge < -0.3 is 19.7 Å². The molecular formula is C26H29N3O4. The second-order valence-corrected chi connectivity index (χ2v) is 8.70. The number of benzene rings is 2. The van der Waals surface area contributed by atoms with Gasteiger partial charge in [0.15, 0.2) is 11.5 Å². The Morgan fingerprint density at radius 3 is 2.39 bits per heavy atom. The van der Waals surface area contributed by atoms with Crippen molar-refractivity contribution in [3.05, 3.63) is 58.0 Å². The Balaban J connectivity index is 1.73. The summed E-state index contributed by atoms with van der Waals surface area (Å²) in [7, 11) is 3.09. The molecule has 33 heavy (non-hydrogen) atoms. The summed E-state index contributed by atoms with van der Waals surface area (Å²) < 4.78 is 12.5. The molecule has 5 rings (SSSR count). The minimum atomic E-state index is -0.197. The summed E-state index contributed by atoms with van der Waals surface area (Å²) in [5, 5.41) is 4.44. The van der Waals surface area contributed by atoms with Crippen LogP contribution in [-0.4, -0.2) is 49.2 Å². The van der Waals surface area contributed by atoms with Crippen LogP contribution >= 0.6 is 0 Å². The van der Waals surface area contributed by atoms with E-state index in [1.54, 1.807) is 37.1 Å². The molecule has 3 aromatic rings. The van der Waals surface area contributed by atoms with Crippen molar-refractivity contribution in [1.82, 2.24) is 9.47 Å². The van der Waals surface area contributed by atoms with Gasteiger partial charge in [-0.1, -0.05) is 6.07 Å². The molecule has 0 unspecified atom stereocenters. The molecule has 1 N–H and O–H groups in total. The van der Waals surface area contributed by atoms with E-state index in [1.807, 2.05) is 17.0 Å². The van der Waals surface area contributed by atoms with Crippen LogP contribution in [0.25, 0.3) is 16.5 Å². The highest BCUT2D eigenvalue weighted by Gasteiger charge is 2.24. The number of carbonyl (C=O) groups is 1. The lowest BCUT2D eigenvalue weighted by molar-refractivity contribution is 0.0725. The van der Waals surface area contributed by atoms with Gasteiger partial charge in [-0.05, 0) is 61.9 Å². The highest BCUT2D eigenvalue weighted by Crippen LogP contribution is 2.34. The van der Waals surface area contributed by atoms with Crippen LogP contribution in [-0.2, 0) is 6.42 Å². The molecule has 0 aliphatic carbocycles. The quantitative estimate of drug-likeness (QED) is 0.655. The van der Waals surface area contributed by atoms with Gasteiger partial charge in [0.05, 0.1) is 30.9 Å². The fraction of sp³-hybridized carbons (Fsp3) is 0.385. The molecule has 2 aliphatic heterocycles. The molecule has 1 amide bonds. The van der Waals surface area contributed by atoms with E-state index >= 15 is 0 Å². The van der Waals surface area contributed by atoms with E-state index in [9.17, 15) is 9.59 Å². The first kappa shape index (κ1) is 21.4. The van der Waals surface area contributed by atoms with Crippen molar-refractivity contribution in [3.63, 3.8) is 0 Å². The lowest BCUT2D eigenvalue weighted by atomic mass is 10.0. The number of rotatable bonds is 4. The van der Waals surface area contributed by atoms with Gasteiger partial charge in [0, 0.05) is 36.9 Å². The molecule has 0 spiro atoms. The van der Waals surface area contributed by atoms with Gasteiger partial charge in [-0.2, -0.15) is 0 Å². The van der Waals surface area contributed by atoms with Crippen LogP contribution in [0.15, 0.2) is 41.3 Å². The number of piperidine rings is 1. The number of hydrogen-bond acceptors (Lipinski definition) is 5. The number of ether oxygens (including phenoxy) is 2. The summed E-state index contributed by atoms with van der Waals surface area (Å²) in [6, 6.07) is 9.43. The van der Waals surface area contributed by atoms with E-state index < -0.39 is 0 Å². The third-order valence-electron chi connectivity index (χ3n) is 6.70. The zero-order chi connectivity index (χ0) is 22.9. The molecule has 0 saturated carbocycles. The van der Waals surface area contributed by atoms with Crippen molar-refractivity contribution in [2.24, 2.45) is 0 Å². The fourth-order valence-corrected chi connectivity index (χ4v) is 4.89. The van der Waals surface area contributed by atoms with Crippen LogP contribution in [0.2, 0.25) is 0 Å². The predicted molar refractivity (Wildman–Crippen MR) is 129 cm³/mol. The van der Waals surface area contributed by atoms with Crippen molar-refractivity contribution in [2.75, 3.05) is 39.2 Å². The molecule has 3 heterocycles. The van der Waals surface area contributed by atoms with Crippen molar-refractivity contribution in [2.45, 2.75) is 32.1 Å². The normalized spacial score (nSPS) is 15.6. The second-order valence-electron chi connectivity index (χ2n) is 8.70. The molecule has 0 radical (unpaired) electrons. The van der Waals surface area contributed by atoms with Crippen LogP contribution in [0.1, 0.15) is 41.6 Å². The third kappa shape index (κ3) is 3.81. The van der Waals surface area contributed by atoms with E-state index in [1.165, 1.54) is 5.56 Å². The molecule has 1 fully saturated rings. The SMILES string of the molecule is COc1cc2c(C(=O)N3CCCCC3)cn(-c3ccc4c(c3)NCCC4)c(=O)c2cc1OC. The molecule has 7 heteroatoms. The Bertz CT molecular complexity index is 1270. The highest BCUT2D eigenvalue weighted by molar-refractivity contribution is 6.07. The van der Waals surface area contributed by atoms with Gasteiger partial charge in [0.25, 0.3) is 11.5 Å². The molecule has 1 saturated heterocycles. The highest BCUT2D eigenvalue weighted by atomic mass is 16.5. The van der Waals surface area contributed by atoms with Gasteiger partial charge >= 0.3 is 0 Å². The molecular weight excluding hydrogens is 418 g/mol. The minimum Gasteiger partial charge on any atom is -0.493 e. The summed E-state index contributed by atoms with van der Waals surface area (Å²) in [4.78, 5) is 29.1. The summed E-state index contributed by atoms with van der Waals surface area (Å²) in [6.45, 7) is 2.38. The maximum Gasteiger partial charge on any atom is 0.263 e. The topological polar surface area (TPSA) is 72.8 Å². The van der Waals surface area contributed by atoms with E-state index in [0.717, 1.165) is 63.1 Å². The Morgan fingerprint density at radius 2 is 1.67 bits per heavy atom. The van der Waals surface area contributed by atoms with Gasteiger partial charge in [-0.25, -0.2) is 0 Å². The summed E-state index contributed by atoms with van der Waals surface area (Å²) >= 11 is 0. The largest absolute Gasteiger partial charge is 0.493 e. The fourth-order valence-electron chi connectivity index (χ4n) is 4.89. The van der Waals surface area contributed by atoms with E-state index in [-0.39, 0.29) is 11.5 Å². The number of nitrogens with one attached hydrogen (secondary N) is 1. The molecule has 2 aliphatic rings. The average Bonchev–Trinajstić information content (AvgIpc) is 2.88. The number of aromatic nitrogens is 1. The van der Waals surface area contributed by atoms with Crippen LogP contribution < -0.4 is 20.3 Å². The number of fused-ring (bicyclic) bond motifs is 2. The Hall–Kier alpha value is -3.48. The number of nitrogens with zero attached hydrogens (tertiary/aromatic N) is 2. The average molecular weight is 448 g/mol. The van der Waals surface area contributed by atoms with Gasteiger partial charge in [0.1, 0.15) is 0 Å². The number of aryl methyl sites for hydroxylation is 1. The molecule has 1 aromatic heterocycles. The number of likely N-dealkylation sites (tertiary alicyclic amines) is 1. The Kier molecular flexibility index (Phi) is 5.70. The molecule has 2 aromatic carbocycles. The number of hydrogen-bond donors (Lipinski definition) is 1. The number of pyridine rings is 1. The van der Waals surface area contributed by atoms with E-state index in [4.69, 9.17) is 9.47 Å². The van der Waals surface area contributed by atoms with Crippen molar-refractivity contribution >= 4 is 22.4 Å². The number of amides is 1. The Labute approximate surface area is 192 Å². The van der Waals surface area contributed by atoms with Crippen LogP contribution in [0.4, 0.5) is 5.69 Å². The number of methoxy groups -OCH3 is 2. The lowest BCUT2D eigenvalue weighted by Crippen LogP contribution is -2.36. The number of carbonyl (C=O) groups excluding carboxylic acids is 1. The standard InChI is InChI=1S/C26H29N3O4/c1-32-23-14-19-20(15-24(23)33-2)26(31)29(16-21(19)25(30)28-11-4-3-5-12-28)18-9-8-17-7-6-10-27-22(17)13-18/h8-9,13-16,27H,3-7,10-12H2,1-2H3. The van der Waals surface area contributed by atoms with Crippen LogP contribution in [0.5, 0.6) is 11.5 Å². The maximum atomic E-state index is 13.6.